The quantitative estimate of drug-likeness (QED) is 0.729. The number of amides is 1. The molecule has 2 aliphatic heterocycles. The fraction of sp³-hybridized carbons (Fsp3) is 0.375. The Morgan fingerprint density at radius 2 is 2.03 bits per heavy atom. The Bertz CT molecular complexity index is 1140. The molecule has 6 nitrogen and oxygen atoms in total. The van der Waals surface area contributed by atoms with Gasteiger partial charge in [-0.3, -0.25) is 4.79 Å². The molecule has 0 bridgehead atoms. The first-order valence-corrected chi connectivity index (χ1v) is 10.7. The molecule has 1 spiro atoms. The van der Waals surface area contributed by atoms with Crippen molar-refractivity contribution in [3.63, 3.8) is 0 Å². The molecule has 6 rings (SSSR count). The Labute approximate surface area is 175 Å². The molecule has 3 aromatic rings. The summed E-state index contributed by atoms with van der Waals surface area (Å²) in [6, 6.07) is 14.6. The van der Waals surface area contributed by atoms with Crippen LogP contribution < -0.4 is 5.32 Å². The molecule has 30 heavy (non-hydrogen) atoms. The molecule has 152 valence electrons. The van der Waals surface area contributed by atoms with E-state index in [-0.39, 0.29) is 11.3 Å². The Kier molecular flexibility index (Phi) is 4.03. The van der Waals surface area contributed by atoms with E-state index in [0.717, 1.165) is 34.0 Å². The van der Waals surface area contributed by atoms with Gasteiger partial charge in [0.05, 0.1) is 24.3 Å². The van der Waals surface area contributed by atoms with Crippen LogP contribution in [-0.4, -0.2) is 46.5 Å². The predicted molar refractivity (Wildman–Crippen MR) is 114 cm³/mol. The van der Waals surface area contributed by atoms with Crippen molar-refractivity contribution in [1.29, 1.82) is 0 Å². The van der Waals surface area contributed by atoms with E-state index in [4.69, 9.17) is 9.72 Å². The van der Waals surface area contributed by atoms with E-state index in [9.17, 15) is 4.79 Å². The molecule has 1 aromatic heterocycles. The van der Waals surface area contributed by atoms with Crippen molar-refractivity contribution < 1.29 is 9.53 Å². The van der Waals surface area contributed by atoms with Gasteiger partial charge in [0.15, 0.2) is 0 Å². The largest absolute Gasteiger partial charge is 0.376 e. The van der Waals surface area contributed by atoms with Gasteiger partial charge in [0, 0.05) is 36.5 Å². The number of carbonyl (C=O) groups is 1. The third-order valence-corrected chi connectivity index (χ3v) is 6.55. The van der Waals surface area contributed by atoms with Crippen LogP contribution in [0.5, 0.6) is 0 Å². The molecular formula is C24H24N4O2. The molecule has 6 heteroatoms. The number of nitrogens with zero attached hydrogens (tertiary/aromatic N) is 3. The summed E-state index contributed by atoms with van der Waals surface area (Å²) in [5, 5.41) is 5.64. The number of anilines is 1. The van der Waals surface area contributed by atoms with Crippen LogP contribution >= 0.6 is 0 Å². The fourth-order valence-corrected chi connectivity index (χ4v) is 4.74. The maximum atomic E-state index is 13.3. The second-order valence-electron chi connectivity index (χ2n) is 8.80. The molecule has 3 aliphatic rings. The number of hydrogen-bond acceptors (Lipinski definition) is 5. The average Bonchev–Trinajstić information content (AvgIpc) is 3.50. The standard InChI is InChI=1S/C24H24N4O2/c29-22(18-6-5-16-3-1-2-4-17(16)11-18)28-10-9-24(14-28)15-30-13-19-12-25-23(27-21(19)24)26-20-7-8-20/h1-6,11-12,20H,7-10,13-15H2,(H,25,26,27)/t24-/m0/s1. The van der Waals surface area contributed by atoms with Gasteiger partial charge in [-0.15, -0.1) is 0 Å². The Balaban J connectivity index is 1.28. The van der Waals surface area contributed by atoms with Crippen LogP contribution in [0.25, 0.3) is 10.8 Å². The first-order chi connectivity index (χ1) is 14.7. The number of hydrogen-bond donors (Lipinski definition) is 1. The van der Waals surface area contributed by atoms with Gasteiger partial charge in [-0.1, -0.05) is 30.3 Å². The second-order valence-corrected chi connectivity index (χ2v) is 8.80. The van der Waals surface area contributed by atoms with E-state index in [1.807, 2.05) is 47.5 Å². The summed E-state index contributed by atoms with van der Waals surface area (Å²) in [6.45, 7) is 2.48. The highest BCUT2D eigenvalue weighted by Crippen LogP contribution is 2.40. The molecule has 1 atom stereocenters. The van der Waals surface area contributed by atoms with Crippen LogP contribution in [-0.2, 0) is 16.8 Å². The number of carbonyl (C=O) groups excluding carboxylic acids is 1. The molecule has 1 saturated carbocycles. The van der Waals surface area contributed by atoms with Gasteiger partial charge in [0.25, 0.3) is 5.91 Å². The average molecular weight is 400 g/mol. The first-order valence-electron chi connectivity index (χ1n) is 10.7. The lowest BCUT2D eigenvalue weighted by Gasteiger charge is -2.34. The van der Waals surface area contributed by atoms with Crippen molar-refractivity contribution in [2.45, 2.75) is 37.3 Å². The molecule has 1 aliphatic carbocycles. The Hall–Kier alpha value is -2.99. The topological polar surface area (TPSA) is 67.4 Å². The van der Waals surface area contributed by atoms with Gasteiger partial charge in [0.1, 0.15) is 0 Å². The minimum absolute atomic E-state index is 0.0788. The van der Waals surface area contributed by atoms with Crippen molar-refractivity contribution in [3.8, 4) is 0 Å². The third-order valence-electron chi connectivity index (χ3n) is 6.55. The molecular weight excluding hydrogens is 376 g/mol. The van der Waals surface area contributed by atoms with Crippen molar-refractivity contribution in [1.82, 2.24) is 14.9 Å². The zero-order chi connectivity index (χ0) is 20.1. The van der Waals surface area contributed by atoms with Crippen molar-refractivity contribution in [2.24, 2.45) is 0 Å². The van der Waals surface area contributed by atoms with Gasteiger partial charge in [-0.05, 0) is 42.2 Å². The minimum Gasteiger partial charge on any atom is -0.376 e. The van der Waals surface area contributed by atoms with Gasteiger partial charge < -0.3 is 15.0 Å². The summed E-state index contributed by atoms with van der Waals surface area (Å²) < 4.78 is 5.92. The number of benzene rings is 2. The SMILES string of the molecule is O=C(c1ccc2ccccc2c1)N1CC[C@@]2(COCc3cnc(NC4CC4)nc32)C1. The molecule has 2 fully saturated rings. The van der Waals surface area contributed by atoms with E-state index in [1.165, 1.54) is 12.8 Å². The summed E-state index contributed by atoms with van der Waals surface area (Å²) >= 11 is 0. The molecule has 3 heterocycles. The van der Waals surface area contributed by atoms with Crippen molar-refractivity contribution in [3.05, 3.63) is 65.5 Å². The van der Waals surface area contributed by atoms with Crippen molar-refractivity contribution in [2.75, 3.05) is 25.0 Å². The number of fused-ring (bicyclic) bond motifs is 3. The van der Waals surface area contributed by atoms with Gasteiger partial charge in [-0.25, -0.2) is 9.97 Å². The summed E-state index contributed by atoms with van der Waals surface area (Å²) in [5.74, 6) is 0.784. The van der Waals surface area contributed by atoms with Gasteiger partial charge in [-0.2, -0.15) is 0 Å². The zero-order valence-electron chi connectivity index (χ0n) is 16.8. The lowest BCUT2D eigenvalue weighted by atomic mass is 9.80. The second kappa shape index (κ2) is 6.77. The van der Waals surface area contributed by atoms with Crippen LogP contribution in [0.1, 0.15) is 40.9 Å². The van der Waals surface area contributed by atoms with E-state index >= 15 is 0 Å². The normalized spacial score (nSPS) is 23.0. The number of likely N-dealkylation sites (tertiary alicyclic amines) is 1. The molecule has 0 radical (unpaired) electrons. The molecule has 0 unspecified atom stereocenters. The maximum absolute atomic E-state index is 13.3. The third kappa shape index (κ3) is 3.03. The van der Waals surface area contributed by atoms with Crippen LogP contribution in [0.2, 0.25) is 0 Å². The first kappa shape index (κ1) is 17.8. The van der Waals surface area contributed by atoms with E-state index in [0.29, 0.717) is 38.3 Å². The highest BCUT2D eigenvalue weighted by Gasteiger charge is 2.46. The van der Waals surface area contributed by atoms with E-state index in [1.54, 1.807) is 0 Å². The number of ether oxygens (including phenoxy) is 1. The smallest absolute Gasteiger partial charge is 0.253 e. The zero-order valence-corrected chi connectivity index (χ0v) is 16.8. The Morgan fingerprint density at radius 1 is 1.17 bits per heavy atom. The van der Waals surface area contributed by atoms with Crippen LogP contribution in [0.4, 0.5) is 5.95 Å². The number of rotatable bonds is 3. The molecule has 1 N–H and O–H groups in total. The highest BCUT2D eigenvalue weighted by molar-refractivity contribution is 5.98. The summed E-state index contributed by atoms with van der Waals surface area (Å²) in [5.41, 5.74) is 2.59. The molecule has 2 aromatic carbocycles. The number of nitrogens with one attached hydrogen (secondary N) is 1. The van der Waals surface area contributed by atoms with Crippen LogP contribution in [0.3, 0.4) is 0 Å². The highest BCUT2D eigenvalue weighted by atomic mass is 16.5. The summed E-state index contributed by atoms with van der Waals surface area (Å²) in [4.78, 5) is 24.6. The molecule has 1 saturated heterocycles. The minimum atomic E-state index is -0.247. The van der Waals surface area contributed by atoms with E-state index in [2.05, 4.69) is 16.4 Å². The van der Waals surface area contributed by atoms with Crippen LogP contribution in [0.15, 0.2) is 48.7 Å². The van der Waals surface area contributed by atoms with Gasteiger partial charge >= 0.3 is 0 Å². The summed E-state index contributed by atoms with van der Waals surface area (Å²) in [6.07, 6.45) is 5.12. The summed E-state index contributed by atoms with van der Waals surface area (Å²) in [7, 11) is 0. The maximum Gasteiger partial charge on any atom is 0.253 e. The monoisotopic (exact) mass is 400 g/mol. The predicted octanol–water partition coefficient (Wildman–Crippen LogP) is 3.52. The van der Waals surface area contributed by atoms with Crippen LogP contribution in [0, 0.1) is 0 Å². The number of aromatic nitrogens is 2. The Morgan fingerprint density at radius 3 is 2.90 bits per heavy atom. The lowest BCUT2D eigenvalue weighted by molar-refractivity contribution is 0.0485. The molecule has 1 amide bonds. The van der Waals surface area contributed by atoms with E-state index < -0.39 is 0 Å². The van der Waals surface area contributed by atoms with Gasteiger partial charge in [0.2, 0.25) is 5.95 Å². The van der Waals surface area contributed by atoms with Crippen molar-refractivity contribution >= 4 is 22.6 Å². The fourth-order valence-electron chi connectivity index (χ4n) is 4.74. The lowest BCUT2D eigenvalue weighted by Crippen LogP contribution is -2.41.